The van der Waals surface area contributed by atoms with Crippen molar-refractivity contribution in [1.29, 1.82) is 0 Å². The minimum absolute atomic E-state index is 0.136. The highest BCUT2D eigenvalue weighted by atomic mass is 16.6. The Morgan fingerprint density at radius 3 is 2.59 bits per heavy atom. The summed E-state index contributed by atoms with van der Waals surface area (Å²) < 4.78 is 16.1. The van der Waals surface area contributed by atoms with E-state index < -0.39 is 12.2 Å². The molecule has 0 radical (unpaired) electrons. The number of benzene rings is 1. The molecule has 2 atom stereocenters. The average molecular weight is 372 g/mol. The van der Waals surface area contributed by atoms with Crippen LogP contribution in [0.25, 0.3) is 0 Å². The fraction of sp³-hybridized carbons (Fsp3) is 0.400. The minimum Gasteiger partial charge on any atom is -0.497 e. The first-order valence-electron chi connectivity index (χ1n) is 8.77. The van der Waals surface area contributed by atoms with Crippen LogP contribution in [0.1, 0.15) is 13.8 Å². The Bertz CT molecular complexity index is 771. The Morgan fingerprint density at radius 2 is 2.00 bits per heavy atom. The standard InChI is InChI=1S/C20H24N2O5/c1-13(2)12-26-18-17(11-21-10-9-14(3)27-20(21)24)22(19(18)23)15-5-7-16(25-4)8-6-15/h5-9,17-18H,1,10-12H2,2-4H3/t17-,18+/m0/s1. The quantitative estimate of drug-likeness (QED) is 0.544. The van der Waals surface area contributed by atoms with Gasteiger partial charge in [-0.2, -0.15) is 0 Å². The first kappa shape index (κ1) is 19.0. The van der Waals surface area contributed by atoms with Crippen LogP contribution in [0.3, 0.4) is 0 Å². The van der Waals surface area contributed by atoms with E-state index in [0.717, 1.165) is 11.3 Å². The number of hydrogen-bond donors (Lipinski definition) is 0. The van der Waals surface area contributed by atoms with Crippen molar-refractivity contribution in [2.24, 2.45) is 0 Å². The lowest BCUT2D eigenvalue weighted by molar-refractivity contribution is -0.141. The van der Waals surface area contributed by atoms with Crippen LogP contribution in [0.4, 0.5) is 10.5 Å². The smallest absolute Gasteiger partial charge is 0.415 e. The molecule has 2 aliphatic heterocycles. The molecule has 7 heteroatoms. The van der Waals surface area contributed by atoms with E-state index in [1.165, 1.54) is 0 Å². The van der Waals surface area contributed by atoms with E-state index in [-0.39, 0.29) is 11.9 Å². The van der Waals surface area contributed by atoms with Crippen molar-refractivity contribution in [1.82, 2.24) is 4.90 Å². The van der Waals surface area contributed by atoms with Gasteiger partial charge in [-0.05, 0) is 44.2 Å². The monoisotopic (exact) mass is 372 g/mol. The van der Waals surface area contributed by atoms with Gasteiger partial charge in [0.15, 0.2) is 6.10 Å². The zero-order valence-electron chi connectivity index (χ0n) is 15.8. The third-order valence-electron chi connectivity index (χ3n) is 4.53. The first-order chi connectivity index (χ1) is 12.9. The van der Waals surface area contributed by atoms with Crippen LogP contribution >= 0.6 is 0 Å². The van der Waals surface area contributed by atoms with E-state index in [2.05, 4.69) is 6.58 Å². The summed E-state index contributed by atoms with van der Waals surface area (Å²) in [6, 6.07) is 6.92. The summed E-state index contributed by atoms with van der Waals surface area (Å²) in [5.74, 6) is 1.16. The Labute approximate surface area is 158 Å². The van der Waals surface area contributed by atoms with Crippen molar-refractivity contribution >= 4 is 17.7 Å². The number of β-lactam (4-membered cyclic amide) rings is 1. The number of nitrogens with zero attached hydrogens (tertiary/aromatic N) is 2. The lowest BCUT2D eigenvalue weighted by Gasteiger charge is -2.48. The highest BCUT2D eigenvalue weighted by molar-refractivity contribution is 6.05. The number of methoxy groups -OCH3 is 1. The normalized spacial score (nSPS) is 22.1. The van der Waals surface area contributed by atoms with Crippen molar-refractivity contribution in [3.05, 3.63) is 48.3 Å². The third-order valence-corrected chi connectivity index (χ3v) is 4.53. The van der Waals surface area contributed by atoms with E-state index in [9.17, 15) is 9.59 Å². The van der Waals surface area contributed by atoms with Crippen molar-refractivity contribution in [2.45, 2.75) is 26.0 Å². The Morgan fingerprint density at radius 1 is 1.30 bits per heavy atom. The molecule has 0 aromatic heterocycles. The largest absolute Gasteiger partial charge is 0.497 e. The predicted octanol–water partition coefficient (Wildman–Crippen LogP) is 2.73. The summed E-state index contributed by atoms with van der Waals surface area (Å²) in [7, 11) is 1.59. The van der Waals surface area contributed by atoms with Crippen LogP contribution < -0.4 is 9.64 Å². The molecular formula is C20H24N2O5. The van der Waals surface area contributed by atoms with E-state index in [1.54, 1.807) is 36.0 Å². The van der Waals surface area contributed by atoms with Crippen molar-refractivity contribution in [3.63, 3.8) is 0 Å². The van der Waals surface area contributed by atoms with Gasteiger partial charge in [0.1, 0.15) is 11.5 Å². The van der Waals surface area contributed by atoms with Gasteiger partial charge in [-0.15, -0.1) is 0 Å². The molecule has 0 unspecified atom stereocenters. The SMILES string of the molecule is C=C(C)CO[C@H]1C(=O)N(c2ccc(OC)cc2)[C@H]1CN1CC=C(C)OC1=O. The van der Waals surface area contributed by atoms with Gasteiger partial charge in [0, 0.05) is 18.8 Å². The number of hydrogen-bond acceptors (Lipinski definition) is 5. The lowest BCUT2D eigenvalue weighted by Crippen LogP contribution is -2.69. The van der Waals surface area contributed by atoms with Gasteiger partial charge in [0.25, 0.3) is 5.91 Å². The summed E-state index contributed by atoms with van der Waals surface area (Å²) in [6.45, 7) is 8.46. The maximum atomic E-state index is 12.7. The van der Waals surface area contributed by atoms with Crippen LogP contribution in [-0.4, -0.2) is 55.9 Å². The first-order valence-corrected chi connectivity index (χ1v) is 8.77. The minimum atomic E-state index is -0.622. The Kier molecular flexibility index (Phi) is 5.51. The number of carbonyl (C=O) groups is 2. The van der Waals surface area contributed by atoms with Crippen LogP contribution in [0.2, 0.25) is 0 Å². The summed E-state index contributed by atoms with van der Waals surface area (Å²) >= 11 is 0. The fourth-order valence-electron chi connectivity index (χ4n) is 3.10. The molecule has 7 nitrogen and oxygen atoms in total. The van der Waals surface area contributed by atoms with Crippen LogP contribution in [0, 0.1) is 0 Å². The number of anilines is 1. The van der Waals surface area contributed by atoms with Gasteiger partial charge in [0.05, 0.1) is 19.8 Å². The number of carbonyl (C=O) groups excluding carboxylic acids is 2. The molecule has 0 saturated carbocycles. The topological polar surface area (TPSA) is 68.3 Å². The second-order valence-corrected chi connectivity index (χ2v) is 6.75. The van der Waals surface area contributed by atoms with E-state index >= 15 is 0 Å². The molecule has 3 rings (SSSR count). The molecule has 1 aromatic carbocycles. The molecule has 2 amide bonds. The Hall–Kier alpha value is -2.80. The molecule has 2 aliphatic rings. The van der Waals surface area contributed by atoms with Gasteiger partial charge >= 0.3 is 6.09 Å². The summed E-state index contributed by atoms with van der Waals surface area (Å²) in [5, 5.41) is 0. The summed E-state index contributed by atoms with van der Waals surface area (Å²) in [6.07, 6.45) is 0.801. The van der Waals surface area contributed by atoms with E-state index in [1.807, 2.05) is 25.1 Å². The van der Waals surface area contributed by atoms with Gasteiger partial charge in [-0.3, -0.25) is 4.79 Å². The maximum absolute atomic E-state index is 12.7. The van der Waals surface area contributed by atoms with Gasteiger partial charge < -0.3 is 24.0 Å². The molecule has 2 heterocycles. The van der Waals surface area contributed by atoms with Gasteiger partial charge in [0.2, 0.25) is 0 Å². The number of cyclic esters (lactones) is 1. The molecule has 0 N–H and O–H groups in total. The van der Waals surface area contributed by atoms with Crippen LogP contribution in [-0.2, 0) is 14.3 Å². The number of ether oxygens (including phenoxy) is 3. The molecule has 0 spiro atoms. The summed E-state index contributed by atoms with van der Waals surface area (Å²) in [5.41, 5.74) is 1.57. The third kappa shape index (κ3) is 3.98. The second-order valence-electron chi connectivity index (χ2n) is 6.75. The molecule has 1 fully saturated rings. The van der Waals surface area contributed by atoms with E-state index in [0.29, 0.717) is 31.2 Å². The van der Waals surface area contributed by atoms with Gasteiger partial charge in [-0.1, -0.05) is 12.2 Å². The highest BCUT2D eigenvalue weighted by Gasteiger charge is 2.50. The number of amides is 2. The van der Waals surface area contributed by atoms with Crippen LogP contribution in [0.5, 0.6) is 5.75 Å². The Balaban J connectivity index is 1.79. The van der Waals surface area contributed by atoms with Crippen LogP contribution in [0.15, 0.2) is 48.3 Å². The van der Waals surface area contributed by atoms with Crippen molar-refractivity contribution in [3.8, 4) is 5.75 Å². The van der Waals surface area contributed by atoms with Crippen molar-refractivity contribution in [2.75, 3.05) is 31.7 Å². The molecule has 144 valence electrons. The molecular weight excluding hydrogens is 348 g/mol. The molecule has 0 bridgehead atoms. The fourth-order valence-corrected chi connectivity index (χ4v) is 3.10. The van der Waals surface area contributed by atoms with Crippen molar-refractivity contribution < 1.29 is 23.8 Å². The number of allylic oxidation sites excluding steroid dienone is 1. The molecule has 1 saturated heterocycles. The molecule has 27 heavy (non-hydrogen) atoms. The van der Waals surface area contributed by atoms with Gasteiger partial charge in [-0.25, -0.2) is 4.79 Å². The zero-order valence-corrected chi connectivity index (χ0v) is 15.8. The predicted molar refractivity (Wildman–Crippen MR) is 101 cm³/mol. The maximum Gasteiger partial charge on any atom is 0.415 e. The molecule has 1 aromatic rings. The number of rotatable bonds is 7. The average Bonchev–Trinajstić information content (AvgIpc) is 2.63. The highest BCUT2D eigenvalue weighted by Crippen LogP contribution is 2.32. The second kappa shape index (κ2) is 7.84. The molecule has 0 aliphatic carbocycles. The summed E-state index contributed by atoms with van der Waals surface area (Å²) in [4.78, 5) is 28.1. The van der Waals surface area contributed by atoms with E-state index in [4.69, 9.17) is 14.2 Å². The lowest BCUT2D eigenvalue weighted by atomic mass is 9.95. The zero-order chi connectivity index (χ0) is 19.6.